The van der Waals surface area contributed by atoms with E-state index in [0.717, 1.165) is 25.7 Å². The van der Waals surface area contributed by atoms with Gasteiger partial charge < -0.3 is 20.2 Å². The highest BCUT2D eigenvalue weighted by atomic mass is 16.5. The van der Waals surface area contributed by atoms with E-state index in [1.54, 1.807) is 25.3 Å². The standard InChI is InChI=1S/C20H23N5O4/c1-28-12-8-9-13(14(10-12)29-2)25-19-16(23-20(25)27)15(17(21)26)22-18(24-19)11-6-4-3-5-7-11/h8-11H,3-7H2,1-2H3,(H2,21,26)(H,23,27). The van der Waals surface area contributed by atoms with Crippen molar-refractivity contribution in [3.63, 3.8) is 0 Å². The van der Waals surface area contributed by atoms with Crippen molar-refractivity contribution < 1.29 is 14.3 Å². The first kappa shape index (κ1) is 19.0. The molecule has 4 rings (SSSR count). The molecule has 0 unspecified atom stereocenters. The second-order valence-corrected chi connectivity index (χ2v) is 7.13. The van der Waals surface area contributed by atoms with Crippen molar-refractivity contribution in [1.82, 2.24) is 19.5 Å². The molecule has 0 spiro atoms. The van der Waals surface area contributed by atoms with Gasteiger partial charge in [0.15, 0.2) is 11.3 Å². The summed E-state index contributed by atoms with van der Waals surface area (Å²) in [6.07, 6.45) is 5.25. The van der Waals surface area contributed by atoms with Crippen LogP contribution in [0.25, 0.3) is 16.9 Å². The molecule has 2 aromatic heterocycles. The maximum absolute atomic E-state index is 12.8. The van der Waals surface area contributed by atoms with Gasteiger partial charge in [-0.2, -0.15) is 0 Å². The molecule has 152 valence electrons. The molecule has 0 saturated heterocycles. The Kier molecular flexibility index (Phi) is 4.96. The number of hydrogen-bond acceptors (Lipinski definition) is 6. The molecule has 0 radical (unpaired) electrons. The molecule has 1 aliphatic carbocycles. The fourth-order valence-corrected chi connectivity index (χ4v) is 3.92. The topological polar surface area (TPSA) is 125 Å². The molecule has 0 aliphatic heterocycles. The Morgan fingerprint density at radius 3 is 2.59 bits per heavy atom. The van der Waals surface area contributed by atoms with Gasteiger partial charge in [-0.05, 0) is 25.0 Å². The van der Waals surface area contributed by atoms with E-state index in [1.807, 2.05) is 0 Å². The van der Waals surface area contributed by atoms with Crippen molar-refractivity contribution in [2.75, 3.05) is 14.2 Å². The minimum absolute atomic E-state index is 0.0268. The van der Waals surface area contributed by atoms with Gasteiger partial charge in [0.1, 0.15) is 22.8 Å². The highest BCUT2D eigenvalue weighted by Crippen LogP contribution is 2.33. The third-order valence-electron chi connectivity index (χ3n) is 5.39. The predicted molar refractivity (Wildman–Crippen MR) is 107 cm³/mol. The molecular weight excluding hydrogens is 374 g/mol. The number of benzene rings is 1. The second-order valence-electron chi connectivity index (χ2n) is 7.13. The molecule has 1 amide bonds. The molecule has 1 saturated carbocycles. The number of nitrogens with zero attached hydrogens (tertiary/aromatic N) is 3. The fraction of sp³-hybridized carbons (Fsp3) is 0.400. The molecule has 1 aliphatic rings. The molecule has 0 atom stereocenters. The molecule has 9 nitrogen and oxygen atoms in total. The van der Waals surface area contributed by atoms with Crippen LogP contribution in [0.15, 0.2) is 23.0 Å². The van der Waals surface area contributed by atoms with Crippen molar-refractivity contribution in [2.24, 2.45) is 5.73 Å². The van der Waals surface area contributed by atoms with Gasteiger partial charge in [-0.25, -0.2) is 19.3 Å². The predicted octanol–water partition coefficient (Wildman–Crippen LogP) is 2.27. The Labute approximate surface area is 166 Å². The second kappa shape index (κ2) is 7.57. The van der Waals surface area contributed by atoms with E-state index >= 15 is 0 Å². The normalized spacial score (nSPS) is 14.8. The number of aromatic nitrogens is 4. The van der Waals surface area contributed by atoms with Crippen LogP contribution in [0.2, 0.25) is 0 Å². The quantitative estimate of drug-likeness (QED) is 0.680. The molecule has 2 heterocycles. The molecule has 3 N–H and O–H groups in total. The number of methoxy groups -OCH3 is 2. The van der Waals surface area contributed by atoms with Crippen LogP contribution in [0.3, 0.4) is 0 Å². The molecule has 0 bridgehead atoms. The van der Waals surface area contributed by atoms with Crippen LogP contribution in [-0.4, -0.2) is 39.6 Å². The Balaban J connectivity index is 1.98. The molecule has 1 fully saturated rings. The van der Waals surface area contributed by atoms with Gasteiger partial charge in [0.25, 0.3) is 5.91 Å². The molecule has 1 aromatic carbocycles. The largest absolute Gasteiger partial charge is 0.497 e. The van der Waals surface area contributed by atoms with E-state index in [1.165, 1.54) is 18.1 Å². The highest BCUT2D eigenvalue weighted by Gasteiger charge is 2.25. The van der Waals surface area contributed by atoms with Crippen molar-refractivity contribution >= 4 is 17.1 Å². The molecule has 3 aromatic rings. The number of aromatic amines is 1. The maximum Gasteiger partial charge on any atom is 0.332 e. The summed E-state index contributed by atoms with van der Waals surface area (Å²) in [5, 5.41) is 0. The van der Waals surface area contributed by atoms with Crippen LogP contribution in [-0.2, 0) is 0 Å². The van der Waals surface area contributed by atoms with Gasteiger partial charge in [-0.3, -0.25) is 4.79 Å². The molecule has 29 heavy (non-hydrogen) atoms. The first-order valence-corrected chi connectivity index (χ1v) is 9.58. The average molecular weight is 397 g/mol. The number of imidazole rings is 1. The Hall–Kier alpha value is -3.36. The van der Waals surface area contributed by atoms with E-state index in [4.69, 9.17) is 15.2 Å². The zero-order chi connectivity index (χ0) is 20.5. The number of H-pyrrole nitrogens is 1. The number of nitrogens with one attached hydrogen (secondary N) is 1. The smallest absolute Gasteiger partial charge is 0.332 e. The van der Waals surface area contributed by atoms with E-state index < -0.39 is 11.6 Å². The maximum atomic E-state index is 12.8. The molecule has 9 heteroatoms. The lowest BCUT2D eigenvalue weighted by atomic mass is 9.88. The molecular formula is C20H23N5O4. The minimum atomic E-state index is -0.704. The van der Waals surface area contributed by atoms with E-state index in [9.17, 15) is 9.59 Å². The monoisotopic (exact) mass is 397 g/mol. The number of rotatable bonds is 5. The number of carbonyl (C=O) groups excluding carboxylic acids is 1. The lowest BCUT2D eigenvalue weighted by Gasteiger charge is -2.20. The number of nitrogens with two attached hydrogens (primary N) is 1. The Bertz CT molecular complexity index is 1130. The zero-order valence-electron chi connectivity index (χ0n) is 16.4. The number of amides is 1. The van der Waals surface area contributed by atoms with Gasteiger partial charge >= 0.3 is 5.69 Å². The summed E-state index contributed by atoms with van der Waals surface area (Å²) in [5.74, 6) is 1.01. The summed E-state index contributed by atoms with van der Waals surface area (Å²) >= 11 is 0. The van der Waals surface area contributed by atoms with E-state index in [-0.39, 0.29) is 17.1 Å². The van der Waals surface area contributed by atoms with Crippen LogP contribution in [0.1, 0.15) is 54.3 Å². The van der Waals surface area contributed by atoms with Crippen molar-refractivity contribution in [3.8, 4) is 17.2 Å². The summed E-state index contributed by atoms with van der Waals surface area (Å²) < 4.78 is 12.1. The van der Waals surface area contributed by atoms with Crippen LogP contribution in [0.5, 0.6) is 11.5 Å². The Morgan fingerprint density at radius 2 is 1.93 bits per heavy atom. The third kappa shape index (κ3) is 3.32. The number of fused-ring (bicyclic) bond motifs is 1. The van der Waals surface area contributed by atoms with Gasteiger partial charge in [-0.1, -0.05) is 19.3 Å². The summed E-state index contributed by atoms with van der Waals surface area (Å²) in [7, 11) is 3.06. The SMILES string of the molecule is COc1ccc(-n2c(=O)[nH]c3c(C(N)=O)nc(C4CCCCC4)nc32)c(OC)c1. The fourth-order valence-electron chi connectivity index (χ4n) is 3.92. The highest BCUT2D eigenvalue weighted by molar-refractivity contribution is 6.01. The van der Waals surface area contributed by atoms with Crippen LogP contribution in [0.4, 0.5) is 0 Å². The lowest BCUT2D eigenvalue weighted by molar-refractivity contribution is 0.0996. The summed E-state index contributed by atoms with van der Waals surface area (Å²) in [6.45, 7) is 0. The van der Waals surface area contributed by atoms with Crippen LogP contribution >= 0.6 is 0 Å². The van der Waals surface area contributed by atoms with Gasteiger partial charge in [0.2, 0.25) is 0 Å². The first-order valence-electron chi connectivity index (χ1n) is 9.58. The first-order chi connectivity index (χ1) is 14.0. The summed E-state index contributed by atoms with van der Waals surface area (Å²) in [4.78, 5) is 36.7. The van der Waals surface area contributed by atoms with Crippen LogP contribution in [0, 0.1) is 0 Å². The van der Waals surface area contributed by atoms with E-state index in [2.05, 4.69) is 15.0 Å². The van der Waals surface area contributed by atoms with Crippen molar-refractivity contribution in [2.45, 2.75) is 38.0 Å². The zero-order valence-corrected chi connectivity index (χ0v) is 16.4. The number of ether oxygens (including phenoxy) is 2. The Morgan fingerprint density at radius 1 is 1.17 bits per heavy atom. The van der Waals surface area contributed by atoms with Crippen molar-refractivity contribution in [1.29, 1.82) is 0 Å². The number of carbonyl (C=O) groups is 1. The third-order valence-corrected chi connectivity index (χ3v) is 5.39. The van der Waals surface area contributed by atoms with Gasteiger partial charge in [-0.15, -0.1) is 0 Å². The van der Waals surface area contributed by atoms with E-state index in [0.29, 0.717) is 28.7 Å². The van der Waals surface area contributed by atoms with Gasteiger partial charge in [0, 0.05) is 12.0 Å². The van der Waals surface area contributed by atoms with Gasteiger partial charge in [0.05, 0.1) is 19.9 Å². The summed E-state index contributed by atoms with van der Waals surface area (Å²) in [5.41, 5.74) is 6.15. The average Bonchev–Trinajstić information content (AvgIpc) is 3.08. The van der Waals surface area contributed by atoms with Crippen LogP contribution < -0.4 is 20.9 Å². The van der Waals surface area contributed by atoms with Crippen molar-refractivity contribution in [3.05, 3.63) is 40.2 Å². The number of primary amides is 1. The lowest BCUT2D eigenvalue weighted by Crippen LogP contribution is -2.18. The number of hydrogen-bond donors (Lipinski definition) is 2. The summed E-state index contributed by atoms with van der Waals surface area (Å²) in [6, 6.07) is 5.11. The minimum Gasteiger partial charge on any atom is -0.497 e.